The Kier molecular flexibility index (Phi) is 3.68. The predicted octanol–water partition coefficient (Wildman–Crippen LogP) is -0.0186. The summed E-state index contributed by atoms with van der Waals surface area (Å²) in [5, 5.41) is 2.66. The Bertz CT molecular complexity index is 567. The summed E-state index contributed by atoms with van der Waals surface area (Å²) in [5.41, 5.74) is 6.94. The van der Waals surface area contributed by atoms with Gasteiger partial charge in [0.25, 0.3) is 0 Å². The second kappa shape index (κ2) is 5.07. The van der Waals surface area contributed by atoms with Crippen LogP contribution in [-0.2, 0) is 27.6 Å². The Morgan fingerprint density at radius 3 is 2.89 bits per heavy atom. The minimum Gasteiger partial charge on any atom is -0.351 e. The summed E-state index contributed by atoms with van der Waals surface area (Å²) in [6.45, 7) is 0.336. The van der Waals surface area contributed by atoms with Crippen LogP contribution in [0, 0.1) is 0 Å². The van der Waals surface area contributed by atoms with Gasteiger partial charge in [-0.2, -0.15) is 0 Å². The minimum atomic E-state index is -3.10. The first-order chi connectivity index (χ1) is 8.53. The lowest BCUT2D eigenvalue weighted by molar-refractivity contribution is -0.119. The number of hydrogen-bond donors (Lipinski definition) is 2. The van der Waals surface area contributed by atoms with E-state index in [1.165, 1.54) is 0 Å². The van der Waals surface area contributed by atoms with Crippen LogP contribution >= 0.6 is 0 Å². The summed E-state index contributed by atoms with van der Waals surface area (Å²) >= 11 is 0. The van der Waals surface area contributed by atoms with Gasteiger partial charge in [-0.25, -0.2) is 8.42 Å². The molecular weight excluding hydrogens is 252 g/mol. The van der Waals surface area contributed by atoms with E-state index < -0.39 is 9.84 Å². The third kappa shape index (κ3) is 2.70. The smallest absolute Gasteiger partial charge is 0.234 e. The molecule has 5 nitrogen and oxygen atoms in total. The molecule has 98 valence electrons. The average Bonchev–Trinajstić information content (AvgIpc) is 2.35. The minimum absolute atomic E-state index is 0.0423. The molecule has 1 amide bonds. The van der Waals surface area contributed by atoms with Crippen LogP contribution in [0.3, 0.4) is 0 Å². The lowest BCUT2D eigenvalue weighted by atomic mass is 10.1. The van der Waals surface area contributed by atoms with E-state index in [2.05, 4.69) is 5.32 Å². The van der Waals surface area contributed by atoms with E-state index in [9.17, 15) is 13.2 Å². The number of carbonyl (C=O) groups is 1. The zero-order chi connectivity index (χ0) is 13.2. The van der Waals surface area contributed by atoms with Crippen LogP contribution in [0.1, 0.15) is 17.5 Å². The average molecular weight is 268 g/mol. The summed E-state index contributed by atoms with van der Waals surface area (Å²) in [7, 11) is -3.10. The maximum absolute atomic E-state index is 11.8. The molecule has 0 fully saturated rings. The Balaban J connectivity index is 2.20. The molecule has 1 aliphatic heterocycles. The molecule has 1 heterocycles. The van der Waals surface area contributed by atoms with Gasteiger partial charge in [0, 0.05) is 6.54 Å². The number of benzene rings is 1. The van der Waals surface area contributed by atoms with Gasteiger partial charge in [-0.05, 0) is 30.0 Å². The maximum Gasteiger partial charge on any atom is 0.234 e. The van der Waals surface area contributed by atoms with E-state index in [4.69, 9.17) is 5.73 Å². The second-order valence-corrected chi connectivity index (χ2v) is 6.42. The van der Waals surface area contributed by atoms with Crippen LogP contribution in [0.5, 0.6) is 0 Å². The highest BCUT2D eigenvalue weighted by Gasteiger charge is 2.23. The Hall–Kier alpha value is -1.40. The van der Waals surface area contributed by atoms with Gasteiger partial charge in [0.2, 0.25) is 5.91 Å². The Morgan fingerprint density at radius 1 is 1.39 bits per heavy atom. The first-order valence-electron chi connectivity index (χ1n) is 5.84. The van der Waals surface area contributed by atoms with Crippen molar-refractivity contribution in [3.05, 3.63) is 29.3 Å². The number of nitrogens with two attached hydrogens (primary N) is 1. The van der Waals surface area contributed by atoms with E-state index in [1.54, 1.807) is 12.1 Å². The predicted molar refractivity (Wildman–Crippen MR) is 67.7 cm³/mol. The molecule has 0 atom stereocenters. The molecule has 3 N–H and O–H groups in total. The number of aryl methyl sites for hydroxylation is 1. The van der Waals surface area contributed by atoms with Crippen molar-refractivity contribution in [2.45, 2.75) is 24.3 Å². The molecule has 1 aromatic rings. The molecule has 0 saturated carbocycles. The van der Waals surface area contributed by atoms with Crippen molar-refractivity contribution in [2.24, 2.45) is 5.73 Å². The van der Waals surface area contributed by atoms with Crippen LogP contribution in [0.2, 0.25) is 0 Å². The van der Waals surface area contributed by atoms with Gasteiger partial charge < -0.3 is 11.1 Å². The van der Waals surface area contributed by atoms with Crippen molar-refractivity contribution in [1.29, 1.82) is 0 Å². The fourth-order valence-corrected chi connectivity index (χ4v) is 3.66. The van der Waals surface area contributed by atoms with Gasteiger partial charge in [0.1, 0.15) is 0 Å². The molecule has 0 radical (unpaired) electrons. The highest BCUT2D eigenvalue weighted by molar-refractivity contribution is 7.91. The molecule has 2 rings (SSSR count). The summed E-state index contributed by atoms with van der Waals surface area (Å²) in [6.07, 6.45) is 1.43. The zero-order valence-corrected chi connectivity index (χ0v) is 10.8. The standard InChI is InChI=1S/C12H16N2O3S/c13-7-12(15)14-8-9-3-4-11-10(6-9)2-1-5-18(11,16)17/h3-4,6H,1-2,5,7-8,13H2,(H,14,15). The summed E-state index contributed by atoms with van der Waals surface area (Å²) in [6, 6.07) is 5.22. The lowest BCUT2D eigenvalue weighted by Crippen LogP contribution is -2.29. The number of hydrogen-bond acceptors (Lipinski definition) is 4. The van der Waals surface area contributed by atoms with E-state index in [1.807, 2.05) is 6.07 Å². The maximum atomic E-state index is 11.8. The molecule has 0 spiro atoms. The fourth-order valence-electron chi connectivity index (χ4n) is 2.08. The number of sulfone groups is 1. The molecule has 1 aliphatic rings. The van der Waals surface area contributed by atoms with Crippen molar-refractivity contribution in [2.75, 3.05) is 12.3 Å². The lowest BCUT2D eigenvalue weighted by Gasteiger charge is -2.17. The highest BCUT2D eigenvalue weighted by Crippen LogP contribution is 2.25. The molecular formula is C12H16N2O3S. The summed E-state index contributed by atoms with van der Waals surface area (Å²) in [5.74, 6) is 0.00355. The Labute approximate surface area is 106 Å². The number of fused-ring (bicyclic) bond motifs is 1. The van der Waals surface area contributed by atoms with Crippen molar-refractivity contribution < 1.29 is 13.2 Å². The zero-order valence-electron chi connectivity index (χ0n) is 9.98. The molecule has 0 saturated heterocycles. The Morgan fingerprint density at radius 2 is 2.17 bits per heavy atom. The quantitative estimate of drug-likeness (QED) is 0.806. The van der Waals surface area contributed by atoms with E-state index in [0.29, 0.717) is 17.9 Å². The number of rotatable bonds is 3. The molecule has 6 heteroatoms. The normalized spacial score (nSPS) is 16.9. The summed E-state index contributed by atoms with van der Waals surface area (Å²) in [4.78, 5) is 11.5. The van der Waals surface area contributed by atoms with E-state index in [-0.39, 0.29) is 18.2 Å². The molecule has 18 heavy (non-hydrogen) atoms. The molecule has 1 aromatic carbocycles. The number of carbonyl (C=O) groups excluding carboxylic acids is 1. The van der Waals surface area contributed by atoms with Crippen LogP contribution in [-0.4, -0.2) is 26.6 Å². The van der Waals surface area contributed by atoms with Crippen LogP contribution in [0.4, 0.5) is 0 Å². The van der Waals surface area contributed by atoms with Crippen LogP contribution in [0.15, 0.2) is 23.1 Å². The van der Waals surface area contributed by atoms with Gasteiger partial charge in [-0.3, -0.25) is 4.79 Å². The van der Waals surface area contributed by atoms with E-state index >= 15 is 0 Å². The van der Waals surface area contributed by atoms with Crippen LogP contribution < -0.4 is 11.1 Å². The molecule has 0 bridgehead atoms. The van der Waals surface area contributed by atoms with Gasteiger partial charge in [0.15, 0.2) is 9.84 Å². The van der Waals surface area contributed by atoms with Crippen molar-refractivity contribution in [3.63, 3.8) is 0 Å². The molecule has 0 aliphatic carbocycles. The van der Waals surface area contributed by atoms with Crippen molar-refractivity contribution in [1.82, 2.24) is 5.32 Å². The van der Waals surface area contributed by atoms with Gasteiger partial charge in [-0.1, -0.05) is 12.1 Å². The monoisotopic (exact) mass is 268 g/mol. The van der Waals surface area contributed by atoms with Gasteiger partial charge in [-0.15, -0.1) is 0 Å². The van der Waals surface area contributed by atoms with E-state index in [0.717, 1.165) is 17.5 Å². The van der Waals surface area contributed by atoms with Crippen molar-refractivity contribution in [3.8, 4) is 0 Å². The number of nitrogens with one attached hydrogen (secondary N) is 1. The fraction of sp³-hybridized carbons (Fsp3) is 0.417. The van der Waals surface area contributed by atoms with Gasteiger partial charge in [0.05, 0.1) is 17.2 Å². The third-order valence-electron chi connectivity index (χ3n) is 2.99. The first kappa shape index (κ1) is 13.0. The van der Waals surface area contributed by atoms with Gasteiger partial charge >= 0.3 is 0 Å². The van der Waals surface area contributed by atoms with Crippen molar-refractivity contribution >= 4 is 15.7 Å². The van der Waals surface area contributed by atoms with Crippen LogP contribution in [0.25, 0.3) is 0 Å². The summed E-state index contributed by atoms with van der Waals surface area (Å²) < 4.78 is 23.6. The number of amides is 1. The first-order valence-corrected chi connectivity index (χ1v) is 7.49. The third-order valence-corrected chi connectivity index (χ3v) is 4.89. The SMILES string of the molecule is NCC(=O)NCc1ccc2c(c1)CCCS2(=O)=O. The topological polar surface area (TPSA) is 89.3 Å². The molecule has 0 unspecified atom stereocenters. The molecule has 0 aromatic heterocycles. The highest BCUT2D eigenvalue weighted by atomic mass is 32.2. The largest absolute Gasteiger partial charge is 0.351 e. The second-order valence-electron chi connectivity index (χ2n) is 4.35.